The van der Waals surface area contributed by atoms with Gasteiger partial charge in [-0.15, -0.1) is 0 Å². The molecule has 124 valence electrons. The van der Waals surface area contributed by atoms with Crippen molar-refractivity contribution in [1.82, 2.24) is 15.1 Å². The quantitative estimate of drug-likeness (QED) is 0.850. The summed E-state index contributed by atoms with van der Waals surface area (Å²) in [7, 11) is 3.65. The molecule has 0 aromatic rings. The fourth-order valence-electron chi connectivity index (χ4n) is 4.70. The summed E-state index contributed by atoms with van der Waals surface area (Å²) < 4.78 is 0. The summed E-state index contributed by atoms with van der Waals surface area (Å²) in [4.78, 5) is 28.8. The van der Waals surface area contributed by atoms with E-state index in [2.05, 4.69) is 5.32 Å². The van der Waals surface area contributed by atoms with Crippen LogP contribution < -0.4 is 5.32 Å². The van der Waals surface area contributed by atoms with Crippen molar-refractivity contribution < 1.29 is 9.59 Å². The second-order valence-electron chi connectivity index (χ2n) is 7.67. The van der Waals surface area contributed by atoms with E-state index in [9.17, 15) is 9.59 Å². The van der Waals surface area contributed by atoms with Crippen LogP contribution in [-0.4, -0.2) is 55.0 Å². The Bertz CT molecular complexity index is 437. The average Bonchev–Trinajstić information content (AvgIpc) is 3.21. The summed E-state index contributed by atoms with van der Waals surface area (Å²) in [5.74, 6) is 0.178. The number of likely N-dealkylation sites (tertiary alicyclic amines) is 1. The number of carbonyl (C=O) groups is 2. The Hall–Kier alpha value is -1.26. The van der Waals surface area contributed by atoms with Crippen LogP contribution in [0.25, 0.3) is 0 Å². The molecule has 1 atom stereocenters. The zero-order valence-electron chi connectivity index (χ0n) is 13.9. The second kappa shape index (κ2) is 6.09. The minimum Gasteiger partial charge on any atom is -0.349 e. The van der Waals surface area contributed by atoms with E-state index in [1.165, 1.54) is 25.7 Å². The van der Waals surface area contributed by atoms with Gasteiger partial charge in [0.05, 0.1) is 5.92 Å². The fourth-order valence-corrected chi connectivity index (χ4v) is 4.70. The predicted octanol–water partition coefficient (Wildman–Crippen LogP) is 2.22. The van der Waals surface area contributed by atoms with E-state index < -0.39 is 0 Å². The highest BCUT2D eigenvalue weighted by Crippen LogP contribution is 2.49. The third-order valence-corrected chi connectivity index (χ3v) is 5.96. The number of urea groups is 1. The normalized spacial score (nSPS) is 27.5. The molecule has 2 saturated carbocycles. The van der Waals surface area contributed by atoms with Crippen molar-refractivity contribution in [3.05, 3.63) is 0 Å². The second-order valence-corrected chi connectivity index (χ2v) is 7.67. The topological polar surface area (TPSA) is 52.7 Å². The molecule has 1 spiro atoms. The van der Waals surface area contributed by atoms with E-state index in [0.29, 0.717) is 12.6 Å². The van der Waals surface area contributed by atoms with E-state index in [0.717, 1.165) is 32.2 Å². The van der Waals surface area contributed by atoms with Crippen molar-refractivity contribution in [2.24, 2.45) is 11.3 Å². The third kappa shape index (κ3) is 2.82. The molecule has 5 nitrogen and oxygen atoms in total. The molecule has 1 heterocycles. The van der Waals surface area contributed by atoms with Crippen molar-refractivity contribution in [2.45, 2.75) is 57.4 Å². The van der Waals surface area contributed by atoms with Crippen LogP contribution in [0.4, 0.5) is 4.79 Å². The van der Waals surface area contributed by atoms with Crippen LogP contribution in [0.1, 0.15) is 51.4 Å². The predicted molar refractivity (Wildman–Crippen MR) is 85.4 cm³/mol. The largest absolute Gasteiger partial charge is 0.349 e. The fraction of sp³-hybridized carbons (Fsp3) is 0.882. The number of hydrogen-bond acceptors (Lipinski definition) is 2. The molecule has 1 saturated heterocycles. The first kappa shape index (κ1) is 15.6. The number of carbonyl (C=O) groups excluding carboxylic acids is 2. The molecule has 0 aromatic carbocycles. The summed E-state index contributed by atoms with van der Waals surface area (Å²) in [6, 6.07) is 0.392. The molecule has 5 heteroatoms. The monoisotopic (exact) mass is 307 g/mol. The lowest BCUT2D eigenvalue weighted by molar-refractivity contribution is -0.135. The van der Waals surface area contributed by atoms with Gasteiger partial charge in [-0.1, -0.05) is 25.7 Å². The van der Waals surface area contributed by atoms with Crippen LogP contribution >= 0.6 is 0 Å². The molecule has 3 fully saturated rings. The van der Waals surface area contributed by atoms with Gasteiger partial charge in [-0.05, 0) is 25.7 Å². The van der Waals surface area contributed by atoms with E-state index >= 15 is 0 Å². The Morgan fingerprint density at radius 1 is 1.09 bits per heavy atom. The van der Waals surface area contributed by atoms with Gasteiger partial charge in [-0.3, -0.25) is 4.79 Å². The minimum atomic E-state index is -0.0145. The number of amides is 3. The van der Waals surface area contributed by atoms with E-state index in [-0.39, 0.29) is 23.3 Å². The molecule has 22 heavy (non-hydrogen) atoms. The van der Waals surface area contributed by atoms with Crippen LogP contribution in [0.15, 0.2) is 0 Å². The zero-order valence-corrected chi connectivity index (χ0v) is 13.9. The van der Waals surface area contributed by atoms with Crippen molar-refractivity contribution in [3.63, 3.8) is 0 Å². The molecule has 0 aromatic heterocycles. The van der Waals surface area contributed by atoms with E-state index in [4.69, 9.17) is 0 Å². The number of hydrogen-bond donors (Lipinski definition) is 1. The summed E-state index contributed by atoms with van der Waals surface area (Å²) in [6.07, 6.45) is 9.20. The van der Waals surface area contributed by atoms with Crippen molar-refractivity contribution in [2.75, 3.05) is 27.2 Å². The van der Waals surface area contributed by atoms with Gasteiger partial charge >= 0.3 is 6.03 Å². The first-order chi connectivity index (χ1) is 10.5. The van der Waals surface area contributed by atoms with E-state index in [1.54, 1.807) is 4.90 Å². The average molecular weight is 307 g/mol. The van der Waals surface area contributed by atoms with Gasteiger partial charge in [0.2, 0.25) is 5.91 Å². The highest BCUT2D eigenvalue weighted by atomic mass is 16.2. The number of rotatable bonds is 2. The van der Waals surface area contributed by atoms with Gasteiger partial charge in [-0.25, -0.2) is 4.79 Å². The molecule has 1 unspecified atom stereocenters. The zero-order chi connectivity index (χ0) is 15.7. The summed E-state index contributed by atoms with van der Waals surface area (Å²) >= 11 is 0. The Morgan fingerprint density at radius 2 is 1.73 bits per heavy atom. The van der Waals surface area contributed by atoms with Crippen LogP contribution in [-0.2, 0) is 4.79 Å². The molecule has 0 bridgehead atoms. The molecule has 1 N–H and O–H groups in total. The van der Waals surface area contributed by atoms with Gasteiger partial charge in [-0.2, -0.15) is 0 Å². The Morgan fingerprint density at radius 3 is 2.32 bits per heavy atom. The van der Waals surface area contributed by atoms with Crippen LogP contribution in [0.5, 0.6) is 0 Å². The molecular formula is C17H29N3O2. The van der Waals surface area contributed by atoms with Crippen LogP contribution in [0, 0.1) is 11.3 Å². The molecule has 3 amide bonds. The van der Waals surface area contributed by atoms with Crippen LogP contribution in [0.3, 0.4) is 0 Å². The minimum absolute atomic E-state index is 0.0145. The Labute approximate surface area is 133 Å². The maximum absolute atomic E-state index is 12.6. The lowest BCUT2D eigenvalue weighted by Crippen LogP contribution is -2.43. The summed E-state index contributed by atoms with van der Waals surface area (Å²) in [5, 5.41) is 3.18. The van der Waals surface area contributed by atoms with Gasteiger partial charge < -0.3 is 15.1 Å². The standard InChI is InChI=1S/C17H29N3O2/c1-19(2)15(21)14-11-20(12-17(14)9-5-6-10-17)16(22)18-13-7-3-4-8-13/h13-14H,3-12H2,1-2H3,(H,18,22). The number of nitrogens with one attached hydrogen (secondary N) is 1. The molecular weight excluding hydrogens is 278 g/mol. The molecule has 2 aliphatic carbocycles. The summed E-state index contributed by atoms with van der Waals surface area (Å²) in [6.45, 7) is 1.35. The van der Waals surface area contributed by atoms with Gasteiger partial charge in [0.1, 0.15) is 0 Å². The van der Waals surface area contributed by atoms with Crippen molar-refractivity contribution >= 4 is 11.9 Å². The molecule has 3 rings (SSSR count). The molecule has 0 radical (unpaired) electrons. The lowest BCUT2D eigenvalue weighted by atomic mass is 9.76. The van der Waals surface area contributed by atoms with Gasteiger partial charge in [0.15, 0.2) is 0 Å². The highest BCUT2D eigenvalue weighted by Gasteiger charge is 2.52. The maximum atomic E-state index is 12.6. The molecule has 1 aliphatic heterocycles. The van der Waals surface area contributed by atoms with E-state index in [1.807, 2.05) is 19.0 Å². The van der Waals surface area contributed by atoms with Crippen molar-refractivity contribution in [3.8, 4) is 0 Å². The van der Waals surface area contributed by atoms with Gasteiger partial charge in [0, 0.05) is 38.6 Å². The first-order valence-electron chi connectivity index (χ1n) is 8.78. The van der Waals surface area contributed by atoms with Crippen molar-refractivity contribution in [1.29, 1.82) is 0 Å². The SMILES string of the molecule is CN(C)C(=O)C1CN(C(=O)NC2CCCC2)CC12CCCC2. The van der Waals surface area contributed by atoms with Gasteiger partial charge in [0.25, 0.3) is 0 Å². The first-order valence-corrected chi connectivity index (χ1v) is 8.78. The molecule has 3 aliphatic rings. The number of nitrogens with zero attached hydrogens (tertiary/aromatic N) is 2. The lowest BCUT2D eigenvalue weighted by Gasteiger charge is -2.30. The van der Waals surface area contributed by atoms with Crippen LogP contribution in [0.2, 0.25) is 0 Å². The maximum Gasteiger partial charge on any atom is 0.317 e. The highest BCUT2D eigenvalue weighted by molar-refractivity contribution is 5.82. The Kier molecular flexibility index (Phi) is 4.33. The third-order valence-electron chi connectivity index (χ3n) is 5.96. The smallest absolute Gasteiger partial charge is 0.317 e. The summed E-state index contributed by atoms with van der Waals surface area (Å²) in [5.41, 5.74) is 0.0361. The Balaban J connectivity index is 1.69.